The molecular formula is C112H200N6Si4+2. The molecule has 8 rings (SSSR count). The minimum atomic E-state index is -1.22. The fraction of sp³-hybridized carbons (Fsp3) is 0.750. The lowest BCUT2D eigenvalue weighted by molar-refractivity contribution is -0.493. The average Bonchev–Trinajstić information content (AvgIpc) is 0.843. The van der Waals surface area contributed by atoms with Gasteiger partial charge in [-0.15, -0.1) is 0 Å². The highest BCUT2D eigenvalue weighted by atomic mass is 28.3. The maximum atomic E-state index is 9.57. The van der Waals surface area contributed by atoms with Crippen LogP contribution in [0.5, 0.6) is 0 Å². The monoisotopic (exact) mass is 1740 g/mol. The third-order valence-corrected chi connectivity index (χ3v) is 35.7. The Hall–Kier alpha value is -3.51. The molecule has 0 saturated heterocycles. The predicted octanol–water partition coefficient (Wildman–Crippen LogP) is 32.9. The van der Waals surface area contributed by atoms with Gasteiger partial charge >= 0.3 is 0 Å². The first-order valence-corrected chi connectivity index (χ1v) is 67.2. The molecule has 4 aromatic rings. The van der Waals surface area contributed by atoms with Crippen molar-refractivity contribution >= 4 is 32.3 Å². The number of nitrogens with zero attached hydrogens (tertiary/aromatic N) is 2. The molecule has 0 amide bonds. The Balaban J connectivity index is 0.000000289. The molecule has 10 N–H and O–H groups in total. The van der Waals surface area contributed by atoms with Crippen LogP contribution in [0, 0.1) is 47.3 Å². The molecule has 122 heavy (non-hydrogen) atoms. The van der Waals surface area contributed by atoms with Crippen LogP contribution in [0.15, 0.2) is 134 Å². The molecule has 10 heteroatoms. The van der Waals surface area contributed by atoms with Crippen LogP contribution in [-0.4, -0.2) is 53.3 Å². The Morgan fingerprint density at radius 1 is 0.410 bits per heavy atom. The first-order chi connectivity index (χ1) is 58.3. The molecule has 8 atom stereocenters. The molecule has 0 aliphatic heterocycles. The van der Waals surface area contributed by atoms with Crippen LogP contribution < -0.4 is 17.2 Å². The molecule has 2 aromatic carbocycles. The standard InChI is InChI=1S/C29H45N2Si.C29H51NSi.C27H48N2Si.C27H53NSi/c1-32(2,3)24-27(26-16-12-22-31-23-26)19-21-29(30,28-17-8-5-9-18-28)20-11-10-15-25-13-6-4-7-14-25;1-5-6-14-22-29(30,23-15-13-18-26-16-9-7-10-17-26)24-21-28(25-31(2,3)4)27-19-11-8-12-20-27;1-5-6-13-25(23-30(2,3)4)18-20-27(28,26-17-12-21-29-22-26)19-11-10-16-24-14-8-7-9-15-24;1-6-8-9-14-21-27(28,22-15-13-19-25-17-11-10-12-18-25)23-20-26(16-7-2)24-29(3,4)5/h5,8-9,12,16-18,22-23,25,27,30H,4,6-7,10-11,13-15,19-21,24H2,1-3H3;8,11-12,14,19-20,22,26,28H,5-7,9-10,13,15-18,21,23-25,30H2,1-4H3;6,12-13,17,21-22,24-25H,5,7-11,14-16,18-20,23,28H2,1-4H3;25-26H,6-13,15-20,22-24,28H2,1-5H3/q-1;;;/p+3/b;22-14+;13-6+;. The minimum absolute atomic E-state index is 0.00569. The third kappa shape index (κ3) is 49.9. The molecule has 4 aliphatic rings. The molecule has 8 unspecified atom stereocenters. The molecule has 4 fully saturated rings. The van der Waals surface area contributed by atoms with Crippen LogP contribution in [0.25, 0.3) is 5.73 Å². The van der Waals surface area contributed by atoms with Crippen molar-refractivity contribution in [2.45, 2.75) is 498 Å². The fourth-order valence-corrected chi connectivity index (χ4v) is 29.6. The summed E-state index contributed by atoms with van der Waals surface area (Å²) in [6.07, 6.45) is 87.3. The normalized spacial score (nSPS) is 18.7. The van der Waals surface area contributed by atoms with Gasteiger partial charge in [-0.1, -0.05) is 457 Å². The van der Waals surface area contributed by atoms with Crippen LogP contribution in [0.3, 0.4) is 0 Å². The number of aromatic nitrogens is 2. The smallest absolute Gasteiger partial charge is 0.156 e. The summed E-state index contributed by atoms with van der Waals surface area (Å²) in [5.41, 5.74) is 29.0. The maximum absolute atomic E-state index is 9.57. The number of allylic oxidation sites excluding steroid dienone is 3. The van der Waals surface area contributed by atoms with Crippen LogP contribution >= 0.6 is 0 Å². The number of pyridine rings is 2. The van der Waals surface area contributed by atoms with E-state index >= 15 is 0 Å². The summed E-state index contributed by atoms with van der Waals surface area (Å²) >= 11 is 0. The van der Waals surface area contributed by atoms with Gasteiger partial charge in [-0.05, 0) is 153 Å². The lowest BCUT2D eigenvalue weighted by Gasteiger charge is -2.41. The number of hydrogen-bond donors (Lipinski definition) is 3. The maximum Gasteiger partial charge on any atom is 0.156 e. The number of unbranched alkanes of at least 4 members (excludes halogenated alkanes) is 7. The zero-order valence-corrected chi connectivity index (χ0v) is 87.4. The molecule has 0 bridgehead atoms. The van der Waals surface area contributed by atoms with Gasteiger partial charge in [-0.2, -0.15) is 0 Å². The summed E-state index contributed by atoms with van der Waals surface area (Å²) in [6, 6.07) is 36.2. The van der Waals surface area contributed by atoms with Crippen LogP contribution in [0.2, 0.25) is 103 Å². The number of quaternary nitrogens is 3. The van der Waals surface area contributed by atoms with Gasteiger partial charge in [0.15, 0.2) is 5.54 Å². The second-order valence-corrected chi connectivity index (χ2v) is 67.9. The summed E-state index contributed by atoms with van der Waals surface area (Å²) in [5, 5.41) is 0. The largest absolute Gasteiger partial charge is 0.668 e. The van der Waals surface area contributed by atoms with Crippen molar-refractivity contribution in [2.75, 3.05) is 0 Å². The SMILES string of the molecule is CC/C=C/C(CCC([NH3+])(CCCCC1CCCCC1)c1cccnc1)C[Si](C)(C)C.CCC/C=C/C([NH3+])(CCCCC1CCCCC1)CCC(C[Si](C)(C)C)c1ccccc1.CCCCC#CC([NH3+])(CCCCC1CCCCC1)CCC(CCC)C[Si](C)(C)C.C[Si](C)(C)CC(CCC([NH-])(CCCCC1CCCCC1)c1ccccc1)c1cccnc1. The average molecular weight is 1740 g/mol. The van der Waals surface area contributed by atoms with Crippen molar-refractivity contribution in [3.63, 3.8) is 0 Å². The van der Waals surface area contributed by atoms with Crippen molar-refractivity contribution < 1.29 is 17.2 Å². The van der Waals surface area contributed by atoms with Crippen molar-refractivity contribution in [2.24, 2.45) is 35.5 Å². The van der Waals surface area contributed by atoms with Gasteiger partial charge in [0.25, 0.3) is 0 Å². The molecule has 2 aromatic heterocycles. The van der Waals surface area contributed by atoms with Gasteiger partial charge in [0.2, 0.25) is 0 Å². The zero-order valence-electron chi connectivity index (χ0n) is 83.4. The van der Waals surface area contributed by atoms with E-state index in [2.05, 4.69) is 250 Å². The van der Waals surface area contributed by atoms with Crippen molar-refractivity contribution in [3.8, 4) is 11.8 Å². The van der Waals surface area contributed by atoms with Gasteiger partial charge < -0.3 is 22.9 Å². The van der Waals surface area contributed by atoms with Crippen LogP contribution in [-0.2, 0) is 11.1 Å². The van der Waals surface area contributed by atoms with Gasteiger partial charge in [0, 0.05) is 108 Å². The second kappa shape index (κ2) is 60.4. The Bertz CT molecular complexity index is 3320. The Morgan fingerprint density at radius 3 is 1.34 bits per heavy atom. The molecule has 6 nitrogen and oxygen atoms in total. The number of nitrogens with one attached hydrogen (secondary N) is 1. The van der Waals surface area contributed by atoms with E-state index in [9.17, 15) is 5.73 Å². The number of benzene rings is 2. The summed E-state index contributed by atoms with van der Waals surface area (Å²) in [5.74, 6) is 14.0. The van der Waals surface area contributed by atoms with E-state index in [0.717, 1.165) is 61.7 Å². The lowest BCUT2D eigenvalue weighted by atomic mass is 9.78. The summed E-state index contributed by atoms with van der Waals surface area (Å²) < 4.78 is 0. The molecule has 0 radical (unpaired) electrons. The predicted molar refractivity (Wildman–Crippen MR) is 551 cm³/mol. The molecule has 2 heterocycles. The van der Waals surface area contributed by atoms with E-state index in [1.54, 1.807) is 5.56 Å². The lowest BCUT2D eigenvalue weighted by Crippen LogP contribution is -2.72. The molecule has 0 spiro atoms. The van der Waals surface area contributed by atoms with Gasteiger partial charge in [0.05, 0.1) is 0 Å². The molecule has 4 aliphatic carbocycles. The summed E-state index contributed by atoms with van der Waals surface area (Å²) in [4.78, 5) is 8.85. The van der Waals surface area contributed by atoms with E-state index in [1.807, 2.05) is 12.4 Å². The summed E-state index contributed by atoms with van der Waals surface area (Å²) in [7, 11) is -4.42. The minimum Gasteiger partial charge on any atom is -0.668 e. The van der Waals surface area contributed by atoms with Gasteiger partial charge in [-0.25, -0.2) is 0 Å². The van der Waals surface area contributed by atoms with Gasteiger partial charge in [0.1, 0.15) is 11.1 Å². The topological polar surface area (TPSA) is 132 Å². The van der Waals surface area contributed by atoms with E-state index in [1.165, 1.54) is 343 Å². The number of rotatable bonds is 53. The van der Waals surface area contributed by atoms with Crippen molar-refractivity contribution in [1.82, 2.24) is 9.97 Å². The van der Waals surface area contributed by atoms with E-state index in [0.29, 0.717) is 17.8 Å². The van der Waals surface area contributed by atoms with Crippen molar-refractivity contribution in [3.05, 3.63) is 162 Å². The quantitative estimate of drug-likeness (QED) is 0.0176. The first kappa shape index (κ1) is 109. The Morgan fingerprint density at radius 2 is 0.869 bits per heavy atom. The Kier molecular flexibility index (Phi) is 54.0. The Labute approximate surface area is 761 Å². The van der Waals surface area contributed by atoms with Crippen LogP contribution in [0.1, 0.15) is 396 Å². The second-order valence-electron chi connectivity index (χ2n) is 45.8. The summed E-state index contributed by atoms with van der Waals surface area (Å²) in [6.45, 7) is 39.2. The van der Waals surface area contributed by atoms with Gasteiger partial charge in [-0.3, -0.25) is 9.97 Å². The van der Waals surface area contributed by atoms with Crippen molar-refractivity contribution in [1.29, 1.82) is 0 Å². The highest BCUT2D eigenvalue weighted by Gasteiger charge is 2.36. The molecular weight excluding hydrogens is 1540 g/mol. The van der Waals surface area contributed by atoms with E-state index in [-0.39, 0.29) is 16.6 Å². The molecule has 4 saturated carbocycles. The zero-order chi connectivity index (χ0) is 88.9. The number of hydrogen-bond acceptors (Lipinski definition) is 2. The van der Waals surface area contributed by atoms with E-state index in [4.69, 9.17) is 17.2 Å². The molecule has 692 valence electrons. The van der Waals surface area contributed by atoms with E-state index < -0.39 is 37.8 Å². The van der Waals surface area contributed by atoms with Crippen LogP contribution in [0.4, 0.5) is 0 Å². The highest BCUT2D eigenvalue weighted by molar-refractivity contribution is 6.77. The first-order valence-electron chi connectivity index (χ1n) is 52.3. The fourth-order valence-electron chi connectivity index (χ4n) is 21.7. The third-order valence-electron chi connectivity index (χ3n) is 28.7. The highest BCUT2D eigenvalue weighted by Crippen LogP contribution is 2.43.